The van der Waals surface area contributed by atoms with Gasteiger partial charge in [0.2, 0.25) is 5.28 Å². The molecule has 1 heterocycles. The quantitative estimate of drug-likeness (QED) is 0.714. The topological polar surface area (TPSA) is 72.2 Å². The fourth-order valence-electron chi connectivity index (χ4n) is 1.33. The Morgan fingerprint density at radius 2 is 2.19 bits per heavy atom. The van der Waals surface area contributed by atoms with Crippen LogP contribution in [0.4, 0.5) is 9.18 Å². The summed E-state index contributed by atoms with van der Waals surface area (Å²) in [6.45, 7) is 0. The van der Waals surface area contributed by atoms with Gasteiger partial charge in [-0.2, -0.15) is 4.57 Å². The van der Waals surface area contributed by atoms with E-state index < -0.39 is 28.1 Å². The molecule has 0 radical (unpaired) electrons. The summed E-state index contributed by atoms with van der Waals surface area (Å²) in [5, 5.41) is 7.80. The van der Waals surface area contributed by atoms with Gasteiger partial charge in [0.05, 0.1) is 5.52 Å². The average Bonchev–Trinajstić information content (AvgIpc) is 2.15. The van der Waals surface area contributed by atoms with Gasteiger partial charge in [0.15, 0.2) is 0 Å². The van der Waals surface area contributed by atoms with E-state index in [1.165, 1.54) is 12.1 Å². The summed E-state index contributed by atoms with van der Waals surface area (Å²) >= 11 is 5.50. The van der Waals surface area contributed by atoms with Crippen LogP contribution >= 0.6 is 11.6 Å². The Hall–Kier alpha value is -1.95. The maximum Gasteiger partial charge on any atom is 0.421 e. The van der Waals surface area contributed by atoms with Crippen molar-refractivity contribution in [2.75, 3.05) is 0 Å². The molecule has 0 aliphatic carbocycles. The Labute approximate surface area is 92.7 Å². The predicted molar refractivity (Wildman–Crippen MR) is 54.4 cm³/mol. The molecule has 0 aliphatic rings. The van der Waals surface area contributed by atoms with E-state index in [-0.39, 0.29) is 10.1 Å². The Bertz CT molecular complexity index is 653. The molecule has 82 valence electrons. The second-order valence-electron chi connectivity index (χ2n) is 2.94. The van der Waals surface area contributed by atoms with Crippen LogP contribution in [-0.2, 0) is 0 Å². The van der Waals surface area contributed by atoms with Crippen molar-refractivity contribution in [1.29, 1.82) is 0 Å². The Morgan fingerprint density at radius 1 is 1.50 bits per heavy atom. The van der Waals surface area contributed by atoms with Crippen LogP contribution in [-0.4, -0.2) is 20.8 Å². The number of carbonyl (C=O) groups is 1. The van der Waals surface area contributed by atoms with Gasteiger partial charge in [0, 0.05) is 0 Å². The highest BCUT2D eigenvalue weighted by Gasteiger charge is 2.16. The SMILES string of the molecule is O=C(O)n1c(Cl)nc2cccc(F)c2c1=O. The zero-order valence-corrected chi connectivity index (χ0v) is 8.40. The molecule has 0 amide bonds. The number of fused-ring (bicyclic) bond motifs is 1. The van der Waals surface area contributed by atoms with Gasteiger partial charge in [-0.1, -0.05) is 6.07 Å². The molecule has 0 spiro atoms. The van der Waals surface area contributed by atoms with Gasteiger partial charge in [-0.3, -0.25) is 4.79 Å². The van der Waals surface area contributed by atoms with Crippen LogP contribution in [0.15, 0.2) is 23.0 Å². The molecule has 7 heteroatoms. The number of rotatable bonds is 0. The summed E-state index contributed by atoms with van der Waals surface area (Å²) in [6.07, 6.45) is -1.60. The van der Waals surface area contributed by atoms with Crippen molar-refractivity contribution in [1.82, 2.24) is 9.55 Å². The highest BCUT2D eigenvalue weighted by atomic mass is 35.5. The van der Waals surface area contributed by atoms with Gasteiger partial charge in [-0.15, -0.1) is 0 Å². The molecule has 0 fully saturated rings. The summed E-state index contributed by atoms with van der Waals surface area (Å²) in [5.41, 5.74) is -1.02. The van der Waals surface area contributed by atoms with Crippen LogP contribution in [0.5, 0.6) is 0 Å². The summed E-state index contributed by atoms with van der Waals surface area (Å²) in [7, 11) is 0. The van der Waals surface area contributed by atoms with Gasteiger partial charge in [0.1, 0.15) is 11.2 Å². The molecule has 5 nitrogen and oxygen atoms in total. The highest BCUT2D eigenvalue weighted by Crippen LogP contribution is 2.14. The maximum absolute atomic E-state index is 13.3. The Balaban J connectivity index is 3.03. The van der Waals surface area contributed by atoms with Gasteiger partial charge in [-0.25, -0.2) is 14.2 Å². The van der Waals surface area contributed by atoms with Crippen LogP contribution < -0.4 is 5.56 Å². The van der Waals surface area contributed by atoms with Crippen molar-refractivity contribution in [3.05, 3.63) is 39.7 Å². The zero-order valence-electron chi connectivity index (χ0n) is 7.65. The first kappa shape index (κ1) is 10.6. The van der Waals surface area contributed by atoms with Crippen LogP contribution in [0.25, 0.3) is 10.9 Å². The number of nitrogens with zero attached hydrogens (tertiary/aromatic N) is 2. The van der Waals surface area contributed by atoms with E-state index in [1.807, 2.05) is 0 Å². The van der Waals surface area contributed by atoms with Crippen molar-refractivity contribution in [3.63, 3.8) is 0 Å². The molecule has 1 aromatic heterocycles. The zero-order chi connectivity index (χ0) is 11.9. The average molecular weight is 243 g/mol. The van der Waals surface area contributed by atoms with Crippen LogP contribution in [0.2, 0.25) is 5.28 Å². The lowest BCUT2D eigenvalue weighted by atomic mass is 10.2. The molecule has 0 saturated carbocycles. The molecule has 2 rings (SSSR count). The fraction of sp³-hybridized carbons (Fsp3) is 0. The number of aromatic nitrogens is 2. The van der Waals surface area contributed by atoms with E-state index in [9.17, 15) is 14.0 Å². The Morgan fingerprint density at radius 3 is 2.81 bits per heavy atom. The van der Waals surface area contributed by atoms with Gasteiger partial charge < -0.3 is 5.11 Å². The first-order valence-electron chi connectivity index (χ1n) is 4.12. The van der Waals surface area contributed by atoms with Gasteiger partial charge in [0.25, 0.3) is 5.56 Å². The van der Waals surface area contributed by atoms with E-state index in [1.54, 1.807) is 0 Å². The van der Waals surface area contributed by atoms with Crippen LogP contribution in [0.1, 0.15) is 0 Å². The van der Waals surface area contributed by atoms with Crippen molar-refractivity contribution in [3.8, 4) is 0 Å². The first-order valence-corrected chi connectivity index (χ1v) is 4.50. The minimum absolute atomic E-state index is 0.0208. The van der Waals surface area contributed by atoms with E-state index in [2.05, 4.69) is 4.98 Å². The highest BCUT2D eigenvalue weighted by molar-refractivity contribution is 6.29. The number of hydrogen-bond acceptors (Lipinski definition) is 3. The lowest BCUT2D eigenvalue weighted by Crippen LogP contribution is -2.28. The van der Waals surface area contributed by atoms with Gasteiger partial charge >= 0.3 is 6.09 Å². The summed E-state index contributed by atoms with van der Waals surface area (Å²) in [6, 6.07) is 3.77. The molecule has 0 bridgehead atoms. The van der Waals surface area contributed by atoms with Crippen molar-refractivity contribution >= 4 is 28.6 Å². The minimum atomic E-state index is -1.60. The minimum Gasteiger partial charge on any atom is -0.464 e. The smallest absolute Gasteiger partial charge is 0.421 e. The molecule has 2 aromatic rings. The number of halogens is 2. The van der Waals surface area contributed by atoms with Crippen molar-refractivity contribution in [2.45, 2.75) is 0 Å². The molecule has 0 atom stereocenters. The summed E-state index contributed by atoms with van der Waals surface area (Å²) < 4.78 is 13.5. The Kier molecular flexibility index (Phi) is 2.35. The number of carboxylic acid groups (broad SMARTS) is 1. The molecule has 0 aliphatic heterocycles. The van der Waals surface area contributed by atoms with Gasteiger partial charge in [-0.05, 0) is 23.7 Å². The van der Waals surface area contributed by atoms with E-state index >= 15 is 0 Å². The fourth-order valence-corrected chi connectivity index (χ4v) is 1.57. The predicted octanol–water partition coefficient (Wildman–Crippen LogP) is 1.72. The third-order valence-corrected chi connectivity index (χ3v) is 2.25. The molecule has 16 heavy (non-hydrogen) atoms. The molecular weight excluding hydrogens is 239 g/mol. The summed E-state index contributed by atoms with van der Waals surface area (Å²) in [5.74, 6) is -0.832. The van der Waals surface area contributed by atoms with E-state index in [4.69, 9.17) is 16.7 Å². The van der Waals surface area contributed by atoms with Crippen LogP contribution in [0.3, 0.4) is 0 Å². The maximum atomic E-state index is 13.3. The lowest BCUT2D eigenvalue weighted by Gasteiger charge is -2.04. The standard InChI is InChI=1S/C9H4ClFN2O3/c10-8-12-5-3-1-2-4(11)6(5)7(14)13(8)9(15)16/h1-3H,(H,15,16). The first-order chi connectivity index (χ1) is 7.52. The molecule has 0 unspecified atom stereocenters. The summed E-state index contributed by atoms with van der Waals surface area (Å²) in [4.78, 5) is 26.0. The molecule has 0 saturated heterocycles. The lowest BCUT2D eigenvalue weighted by molar-refractivity contribution is 0.195. The molecular formula is C9H4ClFN2O3. The third kappa shape index (κ3) is 1.43. The monoisotopic (exact) mass is 242 g/mol. The van der Waals surface area contributed by atoms with Crippen molar-refractivity contribution in [2.24, 2.45) is 0 Å². The normalized spacial score (nSPS) is 10.6. The number of benzene rings is 1. The van der Waals surface area contributed by atoms with Crippen molar-refractivity contribution < 1.29 is 14.3 Å². The third-order valence-electron chi connectivity index (χ3n) is 2.00. The second-order valence-corrected chi connectivity index (χ2v) is 3.28. The van der Waals surface area contributed by atoms with E-state index in [0.29, 0.717) is 0 Å². The second kappa shape index (κ2) is 3.57. The molecule has 1 aromatic carbocycles. The molecule has 1 N–H and O–H groups in total. The van der Waals surface area contributed by atoms with E-state index in [0.717, 1.165) is 6.07 Å². The number of hydrogen-bond donors (Lipinski definition) is 1. The largest absolute Gasteiger partial charge is 0.464 e. The van der Waals surface area contributed by atoms with Crippen LogP contribution in [0, 0.1) is 5.82 Å².